The number of hydrogen-bond donors (Lipinski definition) is 1. The Balaban J connectivity index is 2.28. The third-order valence-corrected chi connectivity index (χ3v) is 2.58. The Morgan fingerprint density at radius 2 is 2.36 bits per heavy atom. The number of nitrogens with zero attached hydrogens (tertiary/aromatic N) is 1. The zero-order chi connectivity index (χ0) is 9.97. The van der Waals surface area contributed by atoms with Crippen LogP contribution in [-0.4, -0.2) is 6.54 Å². The topological polar surface area (TPSA) is 35.8 Å². The van der Waals surface area contributed by atoms with E-state index in [1.165, 1.54) is 6.07 Å². The summed E-state index contributed by atoms with van der Waals surface area (Å²) in [6, 6.07) is 6.91. The Kier molecular flexibility index (Phi) is 2.47. The van der Waals surface area contributed by atoms with Crippen molar-refractivity contribution in [3.63, 3.8) is 0 Å². The lowest BCUT2D eigenvalue weighted by Gasteiger charge is -2.10. The van der Waals surface area contributed by atoms with Gasteiger partial charge in [-0.2, -0.15) is 5.26 Å². The molecule has 1 aliphatic heterocycles. The molecule has 1 aromatic carbocycles. The molecule has 14 heavy (non-hydrogen) atoms. The van der Waals surface area contributed by atoms with Crippen LogP contribution in [0, 0.1) is 17.1 Å². The van der Waals surface area contributed by atoms with Gasteiger partial charge in [-0.05, 0) is 37.1 Å². The van der Waals surface area contributed by atoms with E-state index in [0.29, 0.717) is 0 Å². The highest BCUT2D eigenvalue weighted by Crippen LogP contribution is 2.24. The number of nitrogens with one attached hydrogen (secondary N) is 1. The highest BCUT2D eigenvalue weighted by Gasteiger charge is 2.17. The van der Waals surface area contributed by atoms with Crippen molar-refractivity contribution >= 4 is 0 Å². The van der Waals surface area contributed by atoms with Crippen LogP contribution in [0.15, 0.2) is 18.2 Å². The average molecular weight is 190 g/mol. The molecule has 0 aliphatic carbocycles. The monoisotopic (exact) mass is 190 g/mol. The number of rotatable bonds is 1. The predicted octanol–water partition coefficient (Wildman–Crippen LogP) is 2.12. The highest BCUT2D eigenvalue weighted by atomic mass is 19.1. The lowest BCUT2D eigenvalue weighted by atomic mass is 10.0. The first-order valence-electron chi connectivity index (χ1n) is 4.74. The second kappa shape index (κ2) is 3.77. The van der Waals surface area contributed by atoms with Gasteiger partial charge in [0.25, 0.3) is 0 Å². The molecule has 1 atom stereocenters. The fraction of sp³-hybridized carbons (Fsp3) is 0.364. The third-order valence-electron chi connectivity index (χ3n) is 2.58. The van der Waals surface area contributed by atoms with Gasteiger partial charge in [-0.1, -0.05) is 6.07 Å². The van der Waals surface area contributed by atoms with E-state index in [1.807, 2.05) is 12.1 Å². The fourth-order valence-electron chi connectivity index (χ4n) is 1.81. The fourth-order valence-corrected chi connectivity index (χ4v) is 1.81. The van der Waals surface area contributed by atoms with Crippen LogP contribution < -0.4 is 5.32 Å². The molecule has 1 aromatic rings. The predicted molar refractivity (Wildman–Crippen MR) is 51.1 cm³/mol. The lowest BCUT2D eigenvalue weighted by molar-refractivity contribution is 0.604. The second-order valence-electron chi connectivity index (χ2n) is 3.50. The molecule has 0 unspecified atom stereocenters. The van der Waals surface area contributed by atoms with E-state index in [9.17, 15) is 4.39 Å². The molecule has 1 fully saturated rings. The smallest absolute Gasteiger partial charge is 0.141 e. The molecule has 2 rings (SSSR count). The molecule has 0 saturated carbocycles. The van der Waals surface area contributed by atoms with Crippen LogP contribution in [0.25, 0.3) is 0 Å². The van der Waals surface area contributed by atoms with Gasteiger partial charge in [-0.25, -0.2) is 4.39 Å². The molecule has 0 radical (unpaired) electrons. The Morgan fingerprint density at radius 1 is 1.50 bits per heavy atom. The molecular formula is C11H11FN2. The van der Waals surface area contributed by atoms with Crippen molar-refractivity contribution in [3.8, 4) is 6.07 Å². The summed E-state index contributed by atoms with van der Waals surface area (Å²) >= 11 is 0. The van der Waals surface area contributed by atoms with Gasteiger partial charge in [0.15, 0.2) is 0 Å². The van der Waals surface area contributed by atoms with Gasteiger partial charge >= 0.3 is 0 Å². The number of halogens is 1. The van der Waals surface area contributed by atoms with Crippen LogP contribution in [0.1, 0.15) is 30.0 Å². The van der Waals surface area contributed by atoms with Crippen molar-refractivity contribution in [2.75, 3.05) is 6.54 Å². The van der Waals surface area contributed by atoms with Gasteiger partial charge in [0, 0.05) is 6.04 Å². The van der Waals surface area contributed by atoms with Crippen LogP contribution >= 0.6 is 0 Å². The summed E-state index contributed by atoms with van der Waals surface area (Å²) in [7, 11) is 0. The summed E-state index contributed by atoms with van der Waals surface area (Å²) in [5.41, 5.74) is 1.06. The molecule has 0 spiro atoms. The molecule has 1 aliphatic rings. The number of hydrogen-bond acceptors (Lipinski definition) is 2. The summed E-state index contributed by atoms with van der Waals surface area (Å²) < 4.78 is 13.3. The van der Waals surface area contributed by atoms with Gasteiger partial charge in [-0.15, -0.1) is 0 Å². The van der Waals surface area contributed by atoms with E-state index in [0.717, 1.165) is 24.9 Å². The largest absolute Gasteiger partial charge is 0.310 e. The van der Waals surface area contributed by atoms with Crippen LogP contribution in [0.3, 0.4) is 0 Å². The second-order valence-corrected chi connectivity index (χ2v) is 3.50. The minimum Gasteiger partial charge on any atom is -0.310 e. The van der Waals surface area contributed by atoms with E-state index in [4.69, 9.17) is 5.26 Å². The van der Waals surface area contributed by atoms with E-state index in [1.54, 1.807) is 6.07 Å². The number of nitriles is 1. The minimum atomic E-state index is -0.418. The molecule has 1 heterocycles. The highest BCUT2D eigenvalue weighted by molar-refractivity contribution is 5.34. The molecule has 1 saturated heterocycles. The SMILES string of the molecule is N#Cc1ccc([C@@H]2CCCN2)cc1F. The van der Waals surface area contributed by atoms with E-state index in [2.05, 4.69) is 5.32 Å². The molecular weight excluding hydrogens is 179 g/mol. The van der Waals surface area contributed by atoms with Gasteiger partial charge < -0.3 is 5.32 Å². The van der Waals surface area contributed by atoms with Crippen molar-refractivity contribution in [2.24, 2.45) is 0 Å². The van der Waals surface area contributed by atoms with E-state index < -0.39 is 5.82 Å². The Morgan fingerprint density at radius 3 is 2.93 bits per heavy atom. The van der Waals surface area contributed by atoms with Gasteiger partial charge in [0.2, 0.25) is 0 Å². The van der Waals surface area contributed by atoms with Crippen molar-refractivity contribution in [2.45, 2.75) is 18.9 Å². The van der Waals surface area contributed by atoms with Crippen molar-refractivity contribution in [1.82, 2.24) is 5.32 Å². The molecule has 0 bridgehead atoms. The van der Waals surface area contributed by atoms with E-state index >= 15 is 0 Å². The first-order valence-corrected chi connectivity index (χ1v) is 4.74. The van der Waals surface area contributed by atoms with Crippen LogP contribution in [-0.2, 0) is 0 Å². The van der Waals surface area contributed by atoms with Crippen molar-refractivity contribution < 1.29 is 4.39 Å². The lowest BCUT2D eigenvalue weighted by Crippen LogP contribution is -2.13. The summed E-state index contributed by atoms with van der Waals surface area (Å²) in [6.07, 6.45) is 2.18. The Bertz CT molecular complexity index is 375. The van der Waals surface area contributed by atoms with Crippen LogP contribution in [0.2, 0.25) is 0 Å². The van der Waals surface area contributed by atoms with Crippen molar-refractivity contribution in [3.05, 3.63) is 35.1 Å². The summed E-state index contributed by atoms with van der Waals surface area (Å²) in [6.45, 7) is 0.992. The molecule has 0 aromatic heterocycles. The third kappa shape index (κ3) is 1.61. The normalized spacial score (nSPS) is 20.7. The maximum Gasteiger partial charge on any atom is 0.141 e. The number of benzene rings is 1. The summed E-state index contributed by atoms with van der Waals surface area (Å²) in [5.74, 6) is -0.418. The van der Waals surface area contributed by atoms with Crippen LogP contribution in [0.4, 0.5) is 4.39 Å². The van der Waals surface area contributed by atoms with E-state index in [-0.39, 0.29) is 11.6 Å². The average Bonchev–Trinajstić information content (AvgIpc) is 2.70. The molecule has 3 heteroatoms. The van der Waals surface area contributed by atoms with Crippen LogP contribution in [0.5, 0.6) is 0 Å². The molecule has 2 nitrogen and oxygen atoms in total. The van der Waals surface area contributed by atoms with Crippen molar-refractivity contribution in [1.29, 1.82) is 5.26 Å². The Labute approximate surface area is 82.4 Å². The standard InChI is InChI=1S/C11H11FN2/c12-10-6-8(3-4-9(10)7-13)11-2-1-5-14-11/h3-4,6,11,14H,1-2,5H2/t11-/m0/s1. The quantitative estimate of drug-likeness (QED) is 0.736. The zero-order valence-electron chi connectivity index (χ0n) is 7.76. The summed E-state index contributed by atoms with van der Waals surface area (Å²) in [4.78, 5) is 0. The minimum absolute atomic E-state index is 0.117. The zero-order valence-corrected chi connectivity index (χ0v) is 7.76. The summed E-state index contributed by atoms with van der Waals surface area (Å²) in [5, 5.41) is 11.9. The van der Waals surface area contributed by atoms with Gasteiger partial charge in [0.05, 0.1) is 5.56 Å². The van der Waals surface area contributed by atoms with Gasteiger partial charge in [0.1, 0.15) is 11.9 Å². The molecule has 1 N–H and O–H groups in total. The first-order chi connectivity index (χ1) is 6.81. The Hall–Kier alpha value is -1.40. The molecule has 0 amide bonds. The molecule has 72 valence electrons. The van der Waals surface area contributed by atoms with Gasteiger partial charge in [-0.3, -0.25) is 0 Å². The first kappa shape index (κ1) is 9.17. The maximum absolute atomic E-state index is 13.3. The maximum atomic E-state index is 13.3.